The number of hydrogen-bond donors (Lipinski definition) is 1. The van der Waals surface area contributed by atoms with E-state index in [4.69, 9.17) is 0 Å². The standard InChI is InChI=1S/C15H19N3O/c1-12(2)9-17-15(19)14-5-3-13(4-6-14)10-18-8-7-16-11-18/h3-8,11-12H,9-10H2,1-2H3,(H,17,19). The van der Waals surface area contributed by atoms with Crippen LogP contribution in [0.4, 0.5) is 0 Å². The molecule has 19 heavy (non-hydrogen) atoms. The normalized spacial score (nSPS) is 10.7. The van der Waals surface area contributed by atoms with Crippen molar-refractivity contribution in [2.75, 3.05) is 6.54 Å². The van der Waals surface area contributed by atoms with Gasteiger partial charge < -0.3 is 9.88 Å². The van der Waals surface area contributed by atoms with Gasteiger partial charge in [0.05, 0.1) is 6.33 Å². The molecule has 4 heteroatoms. The van der Waals surface area contributed by atoms with Crippen molar-refractivity contribution in [3.05, 3.63) is 54.1 Å². The van der Waals surface area contributed by atoms with Gasteiger partial charge in [0.25, 0.3) is 5.91 Å². The fraction of sp³-hybridized carbons (Fsp3) is 0.333. The molecule has 0 radical (unpaired) electrons. The van der Waals surface area contributed by atoms with Gasteiger partial charge in [-0.2, -0.15) is 0 Å². The number of benzene rings is 1. The maximum absolute atomic E-state index is 11.9. The number of nitrogens with zero attached hydrogens (tertiary/aromatic N) is 2. The van der Waals surface area contributed by atoms with Crippen LogP contribution < -0.4 is 5.32 Å². The molecule has 1 N–H and O–H groups in total. The third-order valence-electron chi connectivity index (χ3n) is 2.81. The monoisotopic (exact) mass is 257 g/mol. The molecule has 0 aliphatic rings. The minimum Gasteiger partial charge on any atom is -0.352 e. The summed E-state index contributed by atoms with van der Waals surface area (Å²) < 4.78 is 1.99. The van der Waals surface area contributed by atoms with Gasteiger partial charge in [-0.25, -0.2) is 4.98 Å². The summed E-state index contributed by atoms with van der Waals surface area (Å²) in [5.74, 6) is 0.451. The lowest BCUT2D eigenvalue weighted by molar-refractivity contribution is 0.0949. The molecule has 0 atom stereocenters. The van der Waals surface area contributed by atoms with Crippen molar-refractivity contribution in [2.24, 2.45) is 5.92 Å². The Balaban J connectivity index is 1.96. The van der Waals surface area contributed by atoms with E-state index < -0.39 is 0 Å². The van der Waals surface area contributed by atoms with Gasteiger partial charge in [0.1, 0.15) is 0 Å². The van der Waals surface area contributed by atoms with E-state index in [1.54, 1.807) is 12.5 Å². The fourth-order valence-corrected chi connectivity index (χ4v) is 1.75. The number of amides is 1. The van der Waals surface area contributed by atoms with Crippen molar-refractivity contribution in [3.8, 4) is 0 Å². The summed E-state index contributed by atoms with van der Waals surface area (Å²) in [4.78, 5) is 15.9. The molecule has 0 spiro atoms. The highest BCUT2D eigenvalue weighted by molar-refractivity contribution is 5.94. The number of aromatic nitrogens is 2. The van der Waals surface area contributed by atoms with Crippen LogP contribution in [0.3, 0.4) is 0 Å². The molecule has 1 aromatic carbocycles. The molecule has 2 rings (SSSR count). The van der Waals surface area contributed by atoms with Crippen LogP contribution in [0.5, 0.6) is 0 Å². The number of hydrogen-bond acceptors (Lipinski definition) is 2. The van der Waals surface area contributed by atoms with Gasteiger partial charge in [-0.3, -0.25) is 4.79 Å². The van der Waals surface area contributed by atoms with Crippen LogP contribution in [-0.2, 0) is 6.54 Å². The van der Waals surface area contributed by atoms with Crippen LogP contribution in [0.25, 0.3) is 0 Å². The highest BCUT2D eigenvalue weighted by atomic mass is 16.1. The number of carbonyl (C=O) groups is 1. The molecule has 0 unspecified atom stereocenters. The van der Waals surface area contributed by atoms with E-state index in [9.17, 15) is 4.79 Å². The van der Waals surface area contributed by atoms with E-state index in [-0.39, 0.29) is 5.91 Å². The minimum atomic E-state index is -0.0112. The van der Waals surface area contributed by atoms with Crippen LogP contribution in [0.2, 0.25) is 0 Å². The molecular formula is C15H19N3O. The Morgan fingerprint density at radius 2 is 2.05 bits per heavy atom. The lowest BCUT2D eigenvalue weighted by Gasteiger charge is -2.08. The molecule has 100 valence electrons. The van der Waals surface area contributed by atoms with Crippen molar-refractivity contribution in [1.82, 2.24) is 14.9 Å². The maximum Gasteiger partial charge on any atom is 0.251 e. The Kier molecular flexibility index (Phi) is 4.34. The van der Waals surface area contributed by atoms with Gasteiger partial charge in [-0.05, 0) is 23.6 Å². The van der Waals surface area contributed by atoms with E-state index in [1.807, 2.05) is 35.0 Å². The van der Waals surface area contributed by atoms with Crippen LogP contribution in [-0.4, -0.2) is 22.0 Å². The van der Waals surface area contributed by atoms with E-state index in [2.05, 4.69) is 24.1 Å². The van der Waals surface area contributed by atoms with Gasteiger partial charge in [0.2, 0.25) is 0 Å². The van der Waals surface area contributed by atoms with Gasteiger partial charge >= 0.3 is 0 Å². The van der Waals surface area contributed by atoms with Crippen LogP contribution in [0.1, 0.15) is 29.8 Å². The second-order valence-corrected chi connectivity index (χ2v) is 5.04. The zero-order valence-corrected chi connectivity index (χ0v) is 11.3. The van der Waals surface area contributed by atoms with Gasteiger partial charge in [-0.15, -0.1) is 0 Å². The number of carbonyl (C=O) groups excluding carboxylic acids is 1. The zero-order valence-electron chi connectivity index (χ0n) is 11.3. The predicted molar refractivity (Wildman–Crippen MR) is 74.9 cm³/mol. The highest BCUT2D eigenvalue weighted by Crippen LogP contribution is 2.06. The molecule has 2 aromatic rings. The van der Waals surface area contributed by atoms with E-state index in [1.165, 1.54) is 0 Å². The van der Waals surface area contributed by atoms with E-state index in [0.29, 0.717) is 18.0 Å². The second kappa shape index (κ2) is 6.18. The number of rotatable bonds is 5. The Bertz CT molecular complexity index is 515. The third kappa shape index (κ3) is 3.95. The van der Waals surface area contributed by atoms with Crippen molar-refractivity contribution >= 4 is 5.91 Å². The van der Waals surface area contributed by atoms with E-state index >= 15 is 0 Å². The van der Waals surface area contributed by atoms with Crippen molar-refractivity contribution < 1.29 is 4.79 Å². The molecule has 0 saturated carbocycles. The Morgan fingerprint density at radius 3 is 2.63 bits per heavy atom. The summed E-state index contributed by atoms with van der Waals surface area (Å²) in [7, 11) is 0. The Morgan fingerprint density at radius 1 is 1.32 bits per heavy atom. The fourth-order valence-electron chi connectivity index (χ4n) is 1.75. The average Bonchev–Trinajstić information content (AvgIpc) is 2.89. The van der Waals surface area contributed by atoms with Gasteiger partial charge in [0.15, 0.2) is 0 Å². The molecule has 1 amide bonds. The summed E-state index contributed by atoms with van der Waals surface area (Å²) in [5.41, 5.74) is 1.86. The topological polar surface area (TPSA) is 46.9 Å². The lowest BCUT2D eigenvalue weighted by Crippen LogP contribution is -2.27. The molecule has 0 aliphatic carbocycles. The molecular weight excluding hydrogens is 238 g/mol. The third-order valence-corrected chi connectivity index (χ3v) is 2.81. The largest absolute Gasteiger partial charge is 0.352 e. The van der Waals surface area contributed by atoms with Crippen LogP contribution in [0.15, 0.2) is 43.0 Å². The smallest absolute Gasteiger partial charge is 0.251 e. The summed E-state index contributed by atoms with van der Waals surface area (Å²) in [6, 6.07) is 7.68. The first-order valence-corrected chi connectivity index (χ1v) is 6.48. The first kappa shape index (κ1) is 13.3. The number of nitrogens with one attached hydrogen (secondary N) is 1. The Labute approximate surface area is 113 Å². The summed E-state index contributed by atoms with van der Waals surface area (Å²) in [6.45, 7) is 5.63. The summed E-state index contributed by atoms with van der Waals surface area (Å²) in [5, 5.41) is 2.91. The summed E-state index contributed by atoms with van der Waals surface area (Å²) in [6.07, 6.45) is 5.46. The predicted octanol–water partition coefficient (Wildman–Crippen LogP) is 2.32. The first-order valence-electron chi connectivity index (χ1n) is 6.48. The van der Waals surface area contributed by atoms with E-state index in [0.717, 1.165) is 12.1 Å². The SMILES string of the molecule is CC(C)CNC(=O)c1ccc(Cn2ccnc2)cc1. The lowest BCUT2D eigenvalue weighted by atomic mass is 10.1. The minimum absolute atomic E-state index is 0.0112. The molecule has 1 heterocycles. The molecule has 0 aliphatic heterocycles. The molecule has 0 bridgehead atoms. The van der Waals surface area contributed by atoms with Crippen LogP contribution >= 0.6 is 0 Å². The Hall–Kier alpha value is -2.10. The van der Waals surface area contributed by atoms with Gasteiger partial charge in [-0.1, -0.05) is 26.0 Å². The molecule has 0 saturated heterocycles. The van der Waals surface area contributed by atoms with Crippen molar-refractivity contribution in [1.29, 1.82) is 0 Å². The molecule has 4 nitrogen and oxygen atoms in total. The van der Waals surface area contributed by atoms with Crippen LogP contribution in [0, 0.1) is 5.92 Å². The van der Waals surface area contributed by atoms with Gasteiger partial charge in [0, 0.05) is 31.0 Å². The number of imidazole rings is 1. The molecule has 0 fully saturated rings. The zero-order chi connectivity index (χ0) is 13.7. The van der Waals surface area contributed by atoms with Crippen molar-refractivity contribution in [2.45, 2.75) is 20.4 Å². The first-order chi connectivity index (χ1) is 9.15. The maximum atomic E-state index is 11.9. The molecule has 1 aromatic heterocycles. The van der Waals surface area contributed by atoms with Crippen molar-refractivity contribution in [3.63, 3.8) is 0 Å². The average molecular weight is 257 g/mol. The highest BCUT2D eigenvalue weighted by Gasteiger charge is 2.05. The summed E-state index contributed by atoms with van der Waals surface area (Å²) >= 11 is 0. The second-order valence-electron chi connectivity index (χ2n) is 5.04. The quantitative estimate of drug-likeness (QED) is 0.893.